The molecule has 2 atom stereocenters. The molecular weight excluding hydrogens is 238 g/mol. The number of benzene rings is 1. The van der Waals surface area contributed by atoms with Crippen molar-refractivity contribution in [1.82, 2.24) is 5.32 Å². The van der Waals surface area contributed by atoms with Crippen LogP contribution in [0.5, 0.6) is 5.75 Å². The molecule has 0 saturated carbocycles. The molecule has 0 aliphatic carbocycles. The SMILES string of the molecule is CCCOc1cccc([C@H](C)NC[C@@H]2CCCO2)c1. The van der Waals surface area contributed by atoms with Crippen molar-refractivity contribution in [2.75, 3.05) is 19.8 Å². The fourth-order valence-electron chi connectivity index (χ4n) is 2.32. The quantitative estimate of drug-likeness (QED) is 0.818. The van der Waals surface area contributed by atoms with Gasteiger partial charge in [-0.15, -0.1) is 0 Å². The van der Waals surface area contributed by atoms with Gasteiger partial charge in [0.1, 0.15) is 5.75 Å². The zero-order chi connectivity index (χ0) is 13.5. The molecule has 1 saturated heterocycles. The summed E-state index contributed by atoms with van der Waals surface area (Å²) in [6, 6.07) is 8.68. The average molecular weight is 263 g/mol. The van der Waals surface area contributed by atoms with Gasteiger partial charge in [0.25, 0.3) is 0 Å². The van der Waals surface area contributed by atoms with Crippen LogP contribution in [0.4, 0.5) is 0 Å². The lowest BCUT2D eigenvalue weighted by Gasteiger charge is -2.18. The third kappa shape index (κ3) is 4.51. The number of ether oxygens (including phenoxy) is 2. The maximum atomic E-state index is 5.67. The van der Waals surface area contributed by atoms with Crippen molar-refractivity contribution in [1.29, 1.82) is 0 Å². The van der Waals surface area contributed by atoms with E-state index in [4.69, 9.17) is 9.47 Å². The number of hydrogen-bond donors (Lipinski definition) is 1. The van der Waals surface area contributed by atoms with E-state index in [1.165, 1.54) is 18.4 Å². The maximum absolute atomic E-state index is 5.67. The molecule has 0 unspecified atom stereocenters. The van der Waals surface area contributed by atoms with Crippen molar-refractivity contribution in [2.24, 2.45) is 0 Å². The van der Waals surface area contributed by atoms with Gasteiger partial charge in [0.05, 0.1) is 12.7 Å². The Balaban J connectivity index is 1.84. The summed E-state index contributed by atoms with van der Waals surface area (Å²) in [6.07, 6.45) is 3.80. The highest BCUT2D eigenvalue weighted by Crippen LogP contribution is 2.20. The van der Waals surface area contributed by atoms with Gasteiger partial charge < -0.3 is 14.8 Å². The van der Waals surface area contributed by atoms with Crippen molar-refractivity contribution in [3.05, 3.63) is 29.8 Å². The van der Waals surface area contributed by atoms with Gasteiger partial charge in [0.15, 0.2) is 0 Å². The first-order valence-corrected chi connectivity index (χ1v) is 7.37. The molecule has 106 valence electrons. The average Bonchev–Trinajstić information content (AvgIpc) is 2.96. The minimum absolute atomic E-state index is 0.328. The van der Waals surface area contributed by atoms with Crippen LogP contribution < -0.4 is 10.1 Å². The zero-order valence-electron chi connectivity index (χ0n) is 12.0. The maximum Gasteiger partial charge on any atom is 0.119 e. The van der Waals surface area contributed by atoms with E-state index in [1.54, 1.807) is 0 Å². The Bertz CT molecular complexity index is 375. The lowest BCUT2D eigenvalue weighted by Crippen LogP contribution is -2.28. The molecule has 1 heterocycles. The summed E-state index contributed by atoms with van der Waals surface area (Å²) in [5.41, 5.74) is 1.27. The Morgan fingerprint density at radius 3 is 3.11 bits per heavy atom. The van der Waals surface area contributed by atoms with Crippen LogP contribution >= 0.6 is 0 Å². The van der Waals surface area contributed by atoms with Gasteiger partial charge in [0.2, 0.25) is 0 Å². The highest BCUT2D eigenvalue weighted by molar-refractivity contribution is 5.30. The van der Waals surface area contributed by atoms with Gasteiger partial charge in [-0.3, -0.25) is 0 Å². The van der Waals surface area contributed by atoms with E-state index < -0.39 is 0 Å². The fraction of sp³-hybridized carbons (Fsp3) is 0.625. The summed E-state index contributed by atoms with van der Waals surface area (Å²) >= 11 is 0. The molecule has 1 N–H and O–H groups in total. The molecular formula is C16H25NO2. The summed E-state index contributed by atoms with van der Waals surface area (Å²) in [5.74, 6) is 0.963. The second-order valence-corrected chi connectivity index (χ2v) is 5.19. The van der Waals surface area contributed by atoms with Crippen molar-refractivity contribution >= 4 is 0 Å². The van der Waals surface area contributed by atoms with Crippen LogP contribution in [0.15, 0.2) is 24.3 Å². The van der Waals surface area contributed by atoms with Gasteiger partial charge in [-0.1, -0.05) is 19.1 Å². The monoisotopic (exact) mass is 263 g/mol. The third-order valence-electron chi connectivity index (χ3n) is 3.51. The van der Waals surface area contributed by atoms with Crippen LogP contribution in [0, 0.1) is 0 Å². The second kappa shape index (κ2) is 7.51. The molecule has 0 amide bonds. The molecule has 1 fully saturated rings. The number of hydrogen-bond acceptors (Lipinski definition) is 3. The van der Waals surface area contributed by atoms with Gasteiger partial charge >= 0.3 is 0 Å². The van der Waals surface area contributed by atoms with Gasteiger partial charge in [-0.05, 0) is 43.9 Å². The predicted octanol–water partition coefficient (Wildman–Crippen LogP) is 3.31. The molecule has 1 aromatic carbocycles. The Morgan fingerprint density at radius 2 is 2.37 bits per heavy atom. The molecule has 19 heavy (non-hydrogen) atoms. The lowest BCUT2D eigenvalue weighted by atomic mass is 10.1. The summed E-state index contributed by atoms with van der Waals surface area (Å²) in [6.45, 7) is 6.94. The zero-order valence-corrected chi connectivity index (χ0v) is 12.0. The molecule has 0 spiro atoms. The minimum Gasteiger partial charge on any atom is -0.494 e. The van der Waals surface area contributed by atoms with Crippen molar-refractivity contribution < 1.29 is 9.47 Å². The van der Waals surface area contributed by atoms with Crippen LogP contribution in [0.25, 0.3) is 0 Å². The highest BCUT2D eigenvalue weighted by Gasteiger charge is 2.16. The summed E-state index contributed by atoms with van der Waals surface area (Å²) in [4.78, 5) is 0. The topological polar surface area (TPSA) is 30.5 Å². The molecule has 0 aromatic heterocycles. The molecule has 2 rings (SSSR count). The van der Waals surface area contributed by atoms with E-state index in [0.717, 1.165) is 31.9 Å². The molecule has 3 nitrogen and oxygen atoms in total. The Morgan fingerprint density at radius 1 is 1.47 bits per heavy atom. The van der Waals surface area contributed by atoms with E-state index in [1.807, 2.05) is 6.07 Å². The first-order valence-electron chi connectivity index (χ1n) is 7.37. The lowest BCUT2D eigenvalue weighted by molar-refractivity contribution is 0.108. The van der Waals surface area contributed by atoms with E-state index >= 15 is 0 Å². The number of nitrogens with one attached hydrogen (secondary N) is 1. The smallest absolute Gasteiger partial charge is 0.119 e. The van der Waals surface area contributed by atoms with Gasteiger partial charge in [-0.25, -0.2) is 0 Å². The Kier molecular flexibility index (Phi) is 5.67. The third-order valence-corrected chi connectivity index (χ3v) is 3.51. The van der Waals surface area contributed by atoms with Gasteiger partial charge in [-0.2, -0.15) is 0 Å². The van der Waals surface area contributed by atoms with Crippen LogP contribution in [0.2, 0.25) is 0 Å². The summed E-state index contributed by atoms with van der Waals surface area (Å²) in [7, 11) is 0. The molecule has 1 aromatic rings. The first kappa shape index (κ1) is 14.4. The van der Waals surface area contributed by atoms with E-state index in [0.29, 0.717) is 12.1 Å². The van der Waals surface area contributed by atoms with Crippen LogP contribution in [-0.2, 0) is 4.74 Å². The molecule has 1 aliphatic rings. The van der Waals surface area contributed by atoms with Crippen molar-refractivity contribution in [3.63, 3.8) is 0 Å². The van der Waals surface area contributed by atoms with Crippen molar-refractivity contribution in [2.45, 2.75) is 45.3 Å². The summed E-state index contributed by atoms with van der Waals surface area (Å²) < 4.78 is 11.3. The van der Waals surface area contributed by atoms with E-state index in [9.17, 15) is 0 Å². The first-order chi connectivity index (χ1) is 9.29. The number of rotatable bonds is 7. The fourth-order valence-corrected chi connectivity index (χ4v) is 2.32. The van der Waals surface area contributed by atoms with E-state index in [2.05, 4.69) is 37.4 Å². The van der Waals surface area contributed by atoms with Gasteiger partial charge in [0, 0.05) is 19.2 Å². The van der Waals surface area contributed by atoms with Crippen molar-refractivity contribution in [3.8, 4) is 5.75 Å². The Labute approximate surface area is 116 Å². The standard InChI is InChI=1S/C16H25NO2/c1-3-9-18-15-7-4-6-14(11-15)13(2)17-12-16-8-5-10-19-16/h4,6-7,11,13,16-17H,3,5,8-10,12H2,1-2H3/t13-,16-/m0/s1. The molecule has 0 radical (unpaired) electrons. The van der Waals surface area contributed by atoms with Crippen LogP contribution in [0.3, 0.4) is 0 Å². The predicted molar refractivity (Wildman–Crippen MR) is 77.6 cm³/mol. The molecule has 0 bridgehead atoms. The largest absolute Gasteiger partial charge is 0.494 e. The van der Waals surface area contributed by atoms with Crippen LogP contribution in [-0.4, -0.2) is 25.9 Å². The minimum atomic E-state index is 0.328. The molecule has 3 heteroatoms. The summed E-state index contributed by atoms with van der Waals surface area (Å²) in [5, 5.41) is 3.54. The molecule has 1 aliphatic heterocycles. The Hall–Kier alpha value is -1.06. The normalized spacial score (nSPS) is 20.4. The second-order valence-electron chi connectivity index (χ2n) is 5.19. The highest BCUT2D eigenvalue weighted by atomic mass is 16.5. The van der Waals surface area contributed by atoms with E-state index in [-0.39, 0.29) is 0 Å². The van der Waals surface area contributed by atoms with Crippen LogP contribution in [0.1, 0.15) is 44.7 Å².